The van der Waals surface area contributed by atoms with Gasteiger partial charge in [0.25, 0.3) is 11.5 Å². The first-order valence-corrected chi connectivity index (χ1v) is 7.70. The molecule has 3 aromatic rings. The van der Waals surface area contributed by atoms with E-state index < -0.39 is 11.5 Å². The lowest BCUT2D eigenvalue weighted by Crippen LogP contribution is -2.33. The fourth-order valence-corrected chi connectivity index (χ4v) is 2.28. The number of hydrogen-bond donors (Lipinski definition) is 1. The fraction of sp³-hybridized carbons (Fsp3) is 0.167. The lowest BCUT2D eigenvalue weighted by Gasteiger charge is -2.08. The molecule has 0 saturated carbocycles. The second kappa shape index (κ2) is 7.48. The molecule has 25 heavy (non-hydrogen) atoms. The standard InChI is InChI=1S/C18H17N3O4/c1-24-13-5-7-14(8-6-13)25-11-9-19-17(22)15-12-20-16-4-2-3-10-21(16)18(15)23/h2-8,10,12H,9,11H2,1H3,(H,19,22). The van der Waals surface area contributed by atoms with Gasteiger partial charge >= 0.3 is 0 Å². The van der Waals surface area contributed by atoms with E-state index in [2.05, 4.69) is 10.3 Å². The van der Waals surface area contributed by atoms with Gasteiger partial charge in [0.15, 0.2) is 0 Å². The Morgan fingerprint density at radius 3 is 2.68 bits per heavy atom. The molecule has 3 rings (SSSR count). The minimum absolute atomic E-state index is 0.00634. The van der Waals surface area contributed by atoms with Crippen LogP contribution in [0.1, 0.15) is 10.4 Å². The van der Waals surface area contributed by atoms with Crippen molar-refractivity contribution in [2.75, 3.05) is 20.3 Å². The van der Waals surface area contributed by atoms with Crippen molar-refractivity contribution in [3.8, 4) is 11.5 Å². The Hall–Kier alpha value is -3.35. The molecular weight excluding hydrogens is 322 g/mol. The van der Waals surface area contributed by atoms with Gasteiger partial charge < -0.3 is 14.8 Å². The maximum atomic E-state index is 12.3. The predicted octanol–water partition coefficient (Wildman–Crippen LogP) is 1.51. The zero-order valence-corrected chi connectivity index (χ0v) is 13.6. The Morgan fingerprint density at radius 2 is 1.92 bits per heavy atom. The largest absolute Gasteiger partial charge is 0.497 e. The average molecular weight is 339 g/mol. The van der Waals surface area contributed by atoms with Crippen molar-refractivity contribution in [2.24, 2.45) is 0 Å². The van der Waals surface area contributed by atoms with Crippen LogP contribution >= 0.6 is 0 Å². The number of rotatable bonds is 6. The van der Waals surface area contributed by atoms with Crippen molar-refractivity contribution in [2.45, 2.75) is 0 Å². The number of nitrogens with one attached hydrogen (secondary N) is 1. The number of methoxy groups -OCH3 is 1. The van der Waals surface area contributed by atoms with Gasteiger partial charge in [-0.15, -0.1) is 0 Å². The lowest BCUT2D eigenvalue weighted by atomic mass is 10.3. The molecule has 0 saturated heterocycles. The van der Waals surface area contributed by atoms with Crippen LogP contribution in [0, 0.1) is 0 Å². The van der Waals surface area contributed by atoms with Gasteiger partial charge in [-0.2, -0.15) is 0 Å². The van der Waals surface area contributed by atoms with Crippen LogP contribution in [0.2, 0.25) is 0 Å². The van der Waals surface area contributed by atoms with Gasteiger partial charge in [-0.3, -0.25) is 14.0 Å². The molecular formula is C18H17N3O4. The van der Waals surface area contributed by atoms with E-state index >= 15 is 0 Å². The summed E-state index contributed by atoms with van der Waals surface area (Å²) in [5.74, 6) is 0.932. The maximum absolute atomic E-state index is 12.3. The quantitative estimate of drug-likeness (QED) is 0.689. The van der Waals surface area contributed by atoms with E-state index in [-0.39, 0.29) is 18.7 Å². The molecule has 0 aliphatic rings. The van der Waals surface area contributed by atoms with Crippen LogP contribution in [0.25, 0.3) is 5.65 Å². The van der Waals surface area contributed by atoms with Crippen LogP contribution in [-0.2, 0) is 0 Å². The van der Waals surface area contributed by atoms with E-state index in [0.29, 0.717) is 11.4 Å². The van der Waals surface area contributed by atoms with Gasteiger partial charge in [-0.05, 0) is 36.4 Å². The van der Waals surface area contributed by atoms with E-state index in [4.69, 9.17) is 9.47 Å². The molecule has 7 nitrogen and oxygen atoms in total. The molecule has 7 heteroatoms. The first-order chi connectivity index (χ1) is 12.2. The van der Waals surface area contributed by atoms with E-state index in [1.54, 1.807) is 55.8 Å². The van der Waals surface area contributed by atoms with Crippen LogP contribution in [0.4, 0.5) is 0 Å². The molecule has 0 fully saturated rings. The van der Waals surface area contributed by atoms with E-state index in [9.17, 15) is 9.59 Å². The number of fused-ring (bicyclic) bond motifs is 1. The minimum atomic E-state index is -0.478. The summed E-state index contributed by atoms with van der Waals surface area (Å²) >= 11 is 0. The second-order valence-electron chi connectivity index (χ2n) is 5.19. The molecule has 128 valence electrons. The van der Waals surface area contributed by atoms with E-state index in [1.165, 1.54) is 10.6 Å². The van der Waals surface area contributed by atoms with Gasteiger partial charge in [0.2, 0.25) is 0 Å². The third kappa shape index (κ3) is 3.77. The smallest absolute Gasteiger partial charge is 0.270 e. The van der Waals surface area contributed by atoms with E-state index in [1.807, 2.05) is 0 Å². The summed E-state index contributed by atoms with van der Waals surface area (Å²) in [6.45, 7) is 0.544. The van der Waals surface area contributed by atoms with Crippen molar-refractivity contribution in [3.63, 3.8) is 0 Å². The molecule has 0 unspecified atom stereocenters. The number of hydrogen-bond acceptors (Lipinski definition) is 5. The van der Waals surface area contributed by atoms with Crippen molar-refractivity contribution in [3.05, 3.63) is 70.8 Å². The fourth-order valence-electron chi connectivity index (χ4n) is 2.28. The number of amides is 1. The zero-order valence-electron chi connectivity index (χ0n) is 13.6. The number of benzene rings is 1. The van der Waals surface area contributed by atoms with Crippen LogP contribution in [0.15, 0.2) is 59.7 Å². The zero-order chi connectivity index (χ0) is 17.6. The number of carbonyl (C=O) groups excluding carboxylic acids is 1. The molecule has 2 heterocycles. The van der Waals surface area contributed by atoms with Gasteiger partial charge in [-0.1, -0.05) is 6.07 Å². The third-order valence-corrected chi connectivity index (χ3v) is 3.57. The Bertz CT molecular complexity index is 935. The molecule has 1 N–H and O–H groups in total. The highest BCUT2D eigenvalue weighted by atomic mass is 16.5. The normalized spacial score (nSPS) is 10.4. The van der Waals surface area contributed by atoms with Crippen LogP contribution < -0.4 is 20.3 Å². The predicted molar refractivity (Wildman–Crippen MR) is 92.3 cm³/mol. The summed E-state index contributed by atoms with van der Waals surface area (Å²) in [6, 6.07) is 12.3. The number of nitrogens with zero attached hydrogens (tertiary/aromatic N) is 2. The van der Waals surface area contributed by atoms with Crippen LogP contribution in [0.5, 0.6) is 11.5 Å². The first-order valence-electron chi connectivity index (χ1n) is 7.70. The Balaban J connectivity index is 1.57. The molecule has 0 spiro atoms. The maximum Gasteiger partial charge on any atom is 0.270 e. The first kappa shape index (κ1) is 16.5. The molecule has 0 aliphatic heterocycles. The van der Waals surface area contributed by atoms with Crippen molar-refractivity contribution < 1.29 is 14.3 Å². The van der Waals surface area contributed by atoms with Crippen molar-refractivity contribution in [1.82, 2.24) is 14.7 Å². The lowest BCUT2D eigenvalue weighted by molar-refractivity contribution is 0.0945. The summed E-state index contributed by atoms with van der Waals surface area (Å²) in [5, 5.41) is 2.66. The second-order valence-corrected chi connectivity index (χ2v) is 5.19. The molecule has 0 radical (unpaired) electrons. The van der Waals surface area contributed by atoms with Crippen molar-refractivity contribution in [1.29, 1.82) is 0 Å². The highest BCUT2D eigenvalue weighted by molar-refractivity contribution is 5.93. The summed E-state index contributed by atoms with van der Waals surface area (Å²) in [6.07, 6.45) is 2.87. The molecule has 0 atom stereocenters. The highest BCUT2D eigenvalue weighted by Gasteiger charge is 2.12. The minimum Gasteiger partial charge on any atom is -0.497 e. The average Bonchev–Trinajstić information content (AvgIpc) is 2.66. The summed E-state index contributed by atoms with van der Waals surface area (Å²) in [4.78, 5) is 28.6. The molecule has 0 bridgehead atoms. The number of carbonyl (C=O) groups is 1. The van der Waals surface area contributed by atoms with Crippen molar-refractivity contribution >= 4 is 11.6 Å². The number of ether oxygens (including phenoxy) is 2. The van der Waals surface area contributed by atoms with Gasteiger partial charge in [0, 0.05) is 12.4 Å². The molecule has 1 amide bonds. The van der Waals surface area contributed by atoms with Crippen LogP contribution in [-0.4, -0.2) is 35.6 Å². The molecule has 2 aromatic heterocycles. The van der Waals surface area contributed by atoms with Crippen LogP contribution in [0.3, 0.4) is 0 Å². The molecule has 0 aliphatic carbocycles. The SMILES string of the molecule is COc1ccc(OCCNC(=O)c2cnc3ccccn3c2=O)cc1. The van der Waals surface area contributed by atoms with Gasteiger partial charge in [0.05, 0.1) is 13.7 Å². The van der Waals surface area contributed by atoms with E-state index in [0.717, 1.165) is 5.75 Å². The Morgan fingerprint density at radius 1 is 1.16 bits per heavy atom. The highest BCUT2D eigenvalue weighted by Crippen LogP contribution is 2.16. The topological polar surface area (TPSA) is 81.9 Å². The summed E-state index contributed by atoms with van der Waals surface area (Å²) in [5.41, 5.74) is 0.0826. The molecule has 1 aromatic carbocycles. The van der Waals surface area contributed by atoms with Gasteiger partial charge in [-0.25, -0.2) is 4.98 Å². The number of aromatic nitrogens is 2. The monoisotopic (exact) mass is 339 g/mol. The summed E-state index contributed by atoms with van der Waals surface area (Å²) < 4.78 is 11.9. The Kier molecular flexibility index (Phi) is 4.94. The summed E-state index contributed by atoms with van der Waals surface area (Å²) in [7, 11) is 1.59. The third-order valence-electron chi connectivity index (χ3n) is 3.57. The number of pyridine rings is 1. The van der Waals surface area contributed by atoms with Gasteiger partial charge in [0.1, 0.15) is 29.3 Å². The Labute approximate surface area is 143 Å².